The summed E-state index contributed by atoms with van der Waals surface area (Å²) in [5, 5.41) is 13.1. The van der Waals surface area contributed by atoms with Gasteiger partial charge in [-0.05, 0) is 44.9 Å². The van der Waals surface area contributed by atoms with Crippen molar-refractivity contribution in [2.24, 2.45) is 18.1 Å². The maximum absolute atomic E-state index is 12.9. The van der Waals surface area contributed by atoms with Crippen LogP contribution in [0, 0.1) is 31.1 Å². The largest absolute Gasteiger partial charge is 0.339 e. The highest BCUT2D eigenvalue weighted by atomic mass is 32.2. The molecule has 1 aliphatic rings. The Kier molecular flexibility index (Phi) is 6.39. The molecular weight excluding hydrogens is 402 g/mol. The quantitative estimate of drug-likeness (QED) is 0.582. The zero-order valence-electron chi connectivity index (χ0n) is 17.3. The van der Waals surface area contributed by atoms with Crippen molar-refractivity contribution in [3.8, 4) is 6.07 Å². The SMILES string of the molecule is Cc1ccc(S(=O)(=O)N2CCC[C@@H](C(=O)N/N=C\c3cc(C#N)n(C)c3C)C2)cc1. The summed E-state index contributed by atoms with van der Waals surface area (Å²) in [6.07, 6.45) is 2.71. The van der Waals surface area contributed by atoms with E-state index in [1.165, 1.54) is 10.5 Å². The van der Waals surface area contributed by atoms with E-state index < -0.39 is 15.9 Å². The number of aromatic nitrogens is 1. The van der Waals surface area contributed by atoms with E-state index >= 15 is 0 Å². The predicted molar refractivity (Wildman–Crippen MR) is 113 cm³/mol. The number of hydrogen-bond donors (Lipinski definition) is 1. The van der Waals surface area contributed by atoms with Gasteiger partial charge in [0.1, 0.15) is 11.8 Å². The number of sulfonamides is 1. The molecule has 0 saturated carbocycles. The Morgan fingerprint density at radius 3 is 2.63 bits per heavy atom. The molecule has 9 heteroatoms. The summed E-state index contributed by atoms with van der Waals surface area (Å²) in [6, 6.07) is 10.5. The van der Waals surface area contributed by atoms with E-state index in [0.717, 1.165) is 16.8 Å². The van der Waals surface area contributed by atoms with Crippen LogP contribution in [0.2, 0.25) is 0 Å². The van der Waals surface area contributed by atoms with E-state index in [0.29, 0.717) is 25.1 Å². The molecule has 8 nitrogen and oxygen atoms in total. The Balaban J connectivity index is 1.66. The highest BCUT2D eigenvalue weighted by molar-refractivity contribution is 7.89. The molecule has 1 aromatic carbocycles. The number of aryl methyl sites for hydroxylation is 1. The van der Waals surface area contributed by atoms with Crippen LogP contribution < -0.4 is 5.43 Å². The number of carbonyl (C=O) groups is 1. The van der Waals surface area contributed by atoms with Crippen LogP contribution in [0.25, 0.3) is 0 Å². The van der Waals surface area contributed by atoms with Gasteiger partial charge in [-0.3, -0.25) is 4.79 Å². The molecule has 1 aromatic heterocycles. The summed E-state index contributed by atoms with van der Waals surface area (Å²) in [5.74, 6) is -0.785. The molecule has 1 atom stereocenters. The van der Waals surface area contributed by atoms with Gasteiger partial charge in [0.25, 0.3) is 0 Å². The molecule has 0 unspecified atom stereocenters. The number of nitrogens with zero attached hydrogens (tertiary/aromatic N) is 4. The molecule has 2 heterocycles. The second kappa shape index (κ2) is 8.81. The molecule has 1 aliphatic heterocycles. The highest BCUT2D eigenvalue weighted by Gasteiger charge is 2.33. The van der Waals surface area contributed by atoms with Gasteiger partial charge in [0.15, 0.2) is 0 Å². The van der Waals surface area contributed by atoms with Gasteiger partial charge >= 0.3 is 0 Å². The smallest absolute Gasteiger partial charge is 0.244 e. The van der Waals surface area contributed by atoms with Crippen molar-refractivity contribution in [1.82, 2.24) is 14.3 Å². The van der Waals surface area contributed by atoms with Crippen molar-refractivity contribution in [2.75, 3.05) is 13.1 Å². The summed E-state index contributed by atoms with van der Waals surface area (Å²) in [4.78, 5) is 12.8. The number of rotatable bonds is 5. The van der Waals surface area contributed by atoms with Gasteiger partial charge in [0.2, 0.25) is 15.9 Å². The predicted octanol–water partition coefficient (Wildman–Crippen LogP) is 2.06. The first-order valence-electron chi connectivity index (χ1n) is 9.70. The number of hydrazone groups is 1. The zero-order valence-corrected chi connectivity index (χ0v) is 18.1. The summed E-state index contributed by atoms with van der Waals surface area (Å²) in [5.41, 5.74) is 5.60. The van der Waals surface area contributed by atoms with Crippen LogP contribution in [-0.4, -0.2) is 42.5 Å². The monoisotopic (exact) mass is 427 g/mol. The van der Waals surface area contributed by atoms with Crippen LogP contribution >= 0.6 is 0 Å². The lowest BCUT2D eigenvalue weighted by Crippen LogP contribution is -2.44. The lowest BCUT2D eigenvalue weighted by Gasteiger charge is -2.30. The van der Waals surface area contributed by atoms with E-state index in [2.05, 4.69) is 16.6 Å². The van der Waals surface area contributed by atoms with Gasteiger partial charge < -0.3 is 4.57 Å². The van der Waals surface area contributed by atoms with Crippen molar-refractivity contribution in [2.45, 2.75) is 31.6 Å². The number of piperidine rings is 1. The molecule has 30 heavy (non-hydrogen) atoms. The van der Waals surface area contributed by atoms with Gasteiger partial charge in [-0.15, -0.1) is 0 Å². The van der Waals surface area contributed by atoms with Crippen molar-refractivity contribution < 1.29 is 13.2 Å². The molecule has 1 amide bonds. The van der Waals surface area contributed by atoms with E-state index in [9.17, 15) is 13.2 Å². The Morgan fingerprint density at radius 2 is 2.00 bits per heavy atom. The fourth-order valence-electron chi connectivity index (χ4n) is 3.45. The lowest BCUT2D eigenvalue weighted by molar-refractivity contribution is -0.126. The van der Waals surface area contributed by atoms with Crippen LogP contribution in [-0.2, 0) is 21.9 Å². The Hall–Kier alpha value is -2.96. The first-order chi connectivity index (χ1) is 14.2. The average Bonchev–Trinajstić information content (AvgIpc) is 3.02. The van der Waals surface area contributed by atoms with Crippen molar-refractivity contribution in [3.63, 3.8) is 0 Å². The minimum absolute atomic E-state index is 0.126. The second-order valence-electron chi connectivity index (χ2n) is 7.49. The topological polar surface area (TPSA) is 108 Å². The number of benzene rings is 1. The van der Waals surface area contributed by atoms with E-state index in [-0.39, 0.29) is 17.3 Å². The molecule has 0 bridgehead atoms. The first-order valence-corrected chi connectivity index (χ1v) is 11.1. The molecule has 0 spiro atoms. The molecular formula is C21H25N5O3S. The summed E-state index contributed by atoms with van der Waals surface area (Å²) in [7, 11) is -1.85. The molecule has 158 valence electrons. The van der Waals surface area contributed by atoms with Crippen molar-refractivity contribution in [3.05, 3.63) is 52.8 Å². The van der Waals surface area contributed by atoms with Gasteiger partial charge in [-0.2, -0.15) is 14.7 Å². The van der Waals surface area contributed by atoms with E-state index in [4.69, 9.17) is 5.26 Å². The molecule has 0 aliphatic carbocycles. The van der Waals surface area contributed by atoms with Crippen LogP contribution in [0.1, 0.15) is 35.4 Å². The molecule has 1 fully saturated rings. The zero-order chi connectivity index (χ0) is 21.9. The molecule has 2 aromatic rings. The third kappa shape index (κ3) is 4.45. The van der Waals surface area contributed by atoms with Crippen LogP contribution in [0.5, 0.6) is 0 Å². The van der Waals surface area contributed by atoms with Crippen molar-refractivity contribution in [1.29, 1.82) is 5.26 Å². The minimum Gasteiger partial charge on any atom is -0.339 e. The van der Waals surface area contributed by atoms with Crippen LogP contribution in [0.15, 0.2) is 40.3 Å². The summed E-state index contributed by atoms with van der Waals surface area (Å²) < 4.78 is 28.9. The number of nitrogens with one attached hydrogen (secondary N) is 1. The standard InChI is InChI=1S/C21H25N5O3S/c1-15-6-8-20(9-7-15)30(28,29)26-10-4-5-17(14-26)21(27)24-23-13-18-11-19(12-22)25(3)16(18)2/h6-9,11,13,17H,4-5,10,14H2,1-3H3,(H,24,27)/b23-13-/t17-/m1/s1. The van der Waals surface area contributed by atoms with Crippen LogP contribution in [0.3, 0.4) is 0 Å². The molecule has 1 saturated heterocycles. The second-order valence-corrected chi connectivity index (χ2v) is 9.43. The fourth-order valence-corrected chi connectivity index (χ4v) is 4.98. The van der Waals surface area contributed by atoms with E-state index in [1.54, 1.807) is 41.9 Å². The fraction of sp³-hybridized carbons (Fsp3) is 0.381. The number of nitriles is 1. The maximum atomic E-state index is 12.9. The van der Waals surface area contributed by atoms with Crippen LogP contribution in [0.4, 0.5) is 0 Å². The maximum Gasteiger partial charge on any atom is 0.244 e. The van der Waals surface area contributed by atoms with Gasteiger partial charge in [0.05, 0.1) is 17.0 Å². The molecule has 3 rings (SSSR count). The third-order valence-electron chi connectivity index (χ3n) is 5.48. The van der Waals surface area contributed by atoms with Crippen molar-refractivity contribution >= 4 is 22.1 Å². The molecule has 1 N–H and O–H groups in total. The van der Waals surface area contributed by atoms with Gasteiger partial charge in [-0.25, -0.2) is 13.8 Å². The summed E-state index contributed by atoms with van der Waals surface area (Å²) >= 11 is 0. The van der Waals surface area contributed by atoms with E-state index in [1.807, 2.05) is 13.8 Å². The Labute approximate surface area is 176 Å². The number of hydrogen-bond acceptors (Lipinski definition) is 5. The van der Waals surface area contributed by atoms with Gasteiger partial charge in [0, 0.05) is 31.4 Å². The summed E-state index contributed by atoms with van der Waals surface area (Å²) in [6.45, 7) is 4.28. The third-order valence-corrected chi connectivity index (χ3v) is 7.36. The minimum atomic E-state index is -3.64. The van der Waals surface area contributed by atoms with Gasteiger partial charge in [-0.1, -0.05) is 17.7 Å². The molecule has 0 radical (unpaired) electrons. The Morgan fingerprint density at radius 1 is 1.30 bits per heavy atom. The number of amides is 1. The first kappa shape index (κ1) is 21.7. The average molecular weight is 428 g/mol. The highest BCUT2D eigenvalue weighted by Crippen LogP contribution is 2.24. The number of carbonyl (C=O) groups excluding carboxylic acids is 1. The normalized spacial score (nSPS) is 17.7. The Bertz CT molecular complexity index is 1110. The lowest BCUT2D eigenvalue weighted by atomic mass is 9.99.